The Morgan fingerprint density at radius 2 is 2.17 bits per heavy atom. The molecule has 0 saturated carbocycles. The smallest absolute Gasteiger partial charge is 0.251 e. The van der Waals surface area contributed by atoms with Crippen LogP contribution < -0.4 is 9.62 Å². The molecule has 3 rings (SSSR count). The van der Waals surface area contributed by atoms with Crippen LogP contribution in [0.15, 0.2) is 35.7 Å². The van der Waals surface area contributed by atoms with Crippen molar-refractivity contribution in [2.24, 2.45) is 0 Å². The van der Waals surface area contributed by atoms with Crippen LogP contribution in [-0.2, 0) is 22.9 Å². The van der Waals surface area contributed by atoms with Crippen LogP contribution in [-0.4, -0.2) is 33.7 Å². The Morgan fingerprint density at radius 3 is 2.87 bits per heavy atom. The Balaban J connectivity index is 1.70. The summed E-state index contributed by atoms with van der Waals surface area (Å²) in [5.74, 6) is -0.176. The maximum absolute atomic E-state index is 12.3. The quantitative estimate of drug-likeness (QED) is 0.897. The second kappa shape index (κ2) is 6.33. The number of fused-ring (bicyclic) bond motifs is 1. The number of sulfonamides is 1. The van der Waals surface area contributed by atoms with Gasteiger partial charge in [-0.3, -0.25) is 9.10 Å². The maximum Gasteiger partial charge on any atom is 0.251 e. The topological polar surface area (TPSA) is 66.5 Å². The third-order valence-corrected chi connectivity index (χ3v) is 5.95. The lowest BCUT2D eigenvalue weighted by Crippen LogP contribution is -2.28. The summed E-state index contributed by atoms with van der Waals surface area (Å²) in [4.78, 5) is 13.5. The van der Waals surface area contributed by atoms with E-state index < -0.39 is 10.0 Å². The third kappa shape index (κ3) is 3.56. The molecule has 1 aromatic heterocycles. The lowest BCUT2D eigenvalue weighted by Gasteiger charge is -2.17. The van der Waals surface area contributed by atoms with Crippen molar-refractivity contribution in [3.8, 4) is 0 Å². The Kier molecular flexibility index (Phi) is 4.41. The molecule has 23 heavy (non-hydrogen) atoms. The molecule has 7 heteroatoms. The average molecular weight is 350 g/mol. The minimum atomic E-state index is -3.30. The van der Waals surface area contributed by atoms with Gasteiger partial charge in [-0.2, -0.15) is 0 Å². The molecule has 0 fully saturated rings. The van der Waals surface area contributed by atoms with E-state index in [1.54, 1.807) is 23.5 Å². The van der Waals surface area contributed by atoms with Crippen LogP contribution in [0.2, 0.25) is 0 Å². The molecule has 0 radical (unpaired) electrons. The lowest BCUT2D eigenvalue weighted by atomic mass is 10.1. The Bertz CT molecular complexity index is 814. The van der Waals surface area contributed by atoms with Crippen molar-refractivity contribution in [3.05, 3.63) is 51.7 Å². The average Bonchev–Trinajstić information content (AvgIpc) is 3.14. The van der Waals surface area contributed by atoms with Gasteiger partial charge in [0.15, 0.2) is 0 Å². The zero-order chi connectivity index (χ0) is 16.4. The fraction of sp³-hybridized carbons (Fsp3) is 0.312. The number of benzene rings is 1. The molecule has 0 spiro atoms. The van der Waals surface area contributed by atoms with Crippen molar-refractivity contribution in [2.45, 2.75) is 12.8 Å². The number of hydrogen-bond donors (Lipinski definition) is 1. The van der Waals surface area contributed by atoms with Crippen LogP contribution in [0.4, 0.5) is 5.69 Å². The SMILES string of the molecule is CS(=O)(=O)N1CCc2ccc(C(=O)NCCc3cccs3)cc21. The summed E-state index contributed by atoms with van der Waals surface area (Å²) in [6.07, 6.45) is 2.67. The fourth-order valence-corrected chi connectivity index (χ4v) is 4.35. The molecule has 1 aliphatic heterocycles. The number of nitrogens with one attached hydrogen (secondary N) is 1. The van der Waals surface area contributed by atoms with E-state index in [1.165, 1.54) is 15.4 Å². The molecule has 1 aromatic carbocycles. The van der Waals surface area contributed by atoms with Gasteiger partial charge >= 0.3 is 0 Å². The number of hydrogen-bond acceptors (Lipinski definition) is 4. The molecule has 122 valence electrons. The van der Waals surface area contributed by atoms with Crippen LogP contribution in [0.3, 0.4) is 0 Å². The first-order valence-electron chi connectivity index (χ1n) is 7.36. The van der Waals surface area contributed by atoms with E-state index in [0.717, 1.165) is 12.0 Å². The highest BCUT2D eigenvalue weighted by Crippen LogP contribution is 2.30. The number of rotatable bonds is 5. The van der Waals surface area contributed by atoms with Gasteiger partial charge in [-0.1, -0.05) is 12.1 Å². The van der Waals surface area contributed by atoms with Crippen LogP contribution in [0.5, 0.6) is 0 Å². The van der Waals surface area contributed by atoms with Gasteiger partial charge in [0, 0.05) is 23.5 Å². The number of carbonyl (C=O) groups is 1. The summed E-state index contributed by atoms with van der Waals surface area (Å²) in [7, 11) is -3.30. The van der Waals surface area contributed by atoms with Gasteiger partial charge in [0.2, 0.25) is 10.0 Å². The van der Waals surface area contributed by atoms with E-state index in [0.29, 0.717) is 30.8 Å². The molecule has 5 nitrogen and oxygen atoms in total. The van der Waals surface area contributed by atoms with Crippen molar-refractivity contribution >= 4 is 33.0 Å². The van der Waals surface area contributed by atoms with Crippen molar-refractivity contribution < 1.29 is 13.2 Å². The van der Waals surface area contributed by atoms with Gasteiger partial charge in [-0.25, -0.2) is 8.42 Å². The minimum Gasteiger partial charge on any atom is -0.352 e. The summed E-state index contributed by atoms with van der Waals surface area (Å²) in [5, 5.41) is 4.89. The molecule has 0 unspecified atom stereocenters. The molecule has 2 heterocycles. The highest BCUT2D eigenvalue weighted by molar-refractivity contribution is 7.92. The van der Waals surface area contributed by atoms with Gasteiger partial charge in [0.1, 0.15) is 0 Å². The monoisotopic (exact) mass is 350 g/mol. The van der Waals surface area contributed by atoms with Gasteiger partial charge in [-0.15, -0.1) is 11.3 Å². The zero-order valence-corrected chi connectivity index (χ0v) is 14.4. The Morgan fingerprint density at radius 1 is 1.35 bits per heavy atom. The molecule has 1 N–H and O–H groups in total. The Labute approximate surface area is 140 Å². The number of anilines is 1. The lowest BCUT2D eigenvalue weighted by molar-refractivity contribution is 0.0954. The van der Waals surface area contributed by atoms with Gasteiger partial charge < -0.3 is 5.32 Å². The van der Waals surface area contributed by atoms with Crippen molar-refractivity contribution in [2.75, 3.05) is 23.7 Å². The molecular weight excluding hydrogens is 332 g/mol. The molecule has 1 aliphatic rings. The number of amides is 1. The maximum atomic E-state index is 12.3. The van der Waals surface area contributed by atoms with E-state index >= 15 is 0 Å². The van der Waals surface area contributed by atoms with Gasteiger partial charge in [0.05, 0.1) is 11.9 Å². The molecule has 1 amide bonds. The molecule has 0 bridgehead atoms. The fourth-order valence-electron chi connectivity index (χ4n) is 2.69. The first-order chi connectivity index (χ1) is 10.9. The van der Waals surface area contributed by atoms with Crippen LogP contribution in [0, 0.1) is 0 Å². The standard InChI is InChI=1S/C16H18N2O3S2/c1-23(20,21)18-9-7-12-4-5-13(11-15(12)18)16(19)17-8-6-14-3-2-10-22-14/h2-5,10-11H,6-9H2,1H3,(H,17,19). The summed E-state index contributed by atoms with van der Waals surface area (Å²) in [5.41, 5.74) is 2.08. The predicted molar refractivity (Wildman–Crippen MR) is 92.7 cm³/mol. The van der Waals surface area contributed by atoms with Gasteiger partial charge in [-0.05, 0) is 42.0 Å². The zero-order valence-electron chi connectivity index (χ0n) is 12.8. The predicted octanol–water partition coefficient (Wildman–Crippen LogP) is 2.04. The van der Waals surface area contributed by atoms with Gasteiger partial charge in [0.25, 0.3) is 5.91 Å². The van der Waals surface area contributed by atoms with E-state index in [1.807, 2.05) is 23.6 Å². The van der Waals surface area contributed by atoms with E-state index in [9.17, 15) is 13.2 Å². The van der Waals surface area contributed by atoms with E-state index in [-0.39, 0.29) is 5.91 Å². The first kappa shape index (κ1) is 16.0. The minimum absolute atomic E-state index is 0.176. The number of thiophene rings is 1. The largest absolute Gasteiger partial charge is 0.352 e. The van der Waals surface area contributed by atoms with E-state index in [4.69, 9.17) is 0 Å². The second-order valence-electron chi connectivity index (χ2n) is 5.51. The van der Waals surface area contributed by atoms with Crippen molar-refractivity contribution in [1.29, 1.82) is 0 Å². The number of carbonyl (C=O) groups excluding carboxylic acids is 1. The van der Waals surface area contributed by atoms with Crippen LogP contribution in [0.1, 0.15) is 20.8 Å². The first-order valence-corrected chi connectivity index (χ1v) is 10.1. The molecule has 0 atom stereocenters. The highest BCUT2D eigenvalue weighted by Gasteiger charge is 2.26. The van der Waals surface area contributed by atoms with E-state index in [2.05, 4.69) is 5.32 Å². The normalized spacial score (nSPS) is 13.9. The summed E-state index contributed by atoms with van der Waals surface area (Å²) in [6, 6.07) is 9.29. The van der Waals surface area contributed by atoms with Crippen molar-refractivity contribution in [3.63, 3.8) is 0 Å². The number of nitrogens with zero attached hydrogens (tertiary/aromatic N) is 1. The van der Waals surface area contributed by atoms with Crippen molar-refractivity contribution in [1.82, 2.24) is 5.32 Å². The van der Waals surface area contributed by atoms with Crippen LogP contribution >= 0.6 is 11.3 Å². The summed E-state index contributed by atoms with van der Waals surface area (Å²) >= 11 is 1.67. The summed E-state index contributed by atoms with van der Waals surface area (Å²) < 4.78 is 25.0. The molecule has 2 aromatic rings. The molecule has 0 saturated heterocycles. The van der Waals surface area contributed by atoms with Crippen LogP contribution in [0.25, 0.3) is 0 Å². The third-order valence-electron chi connectivity index (χ3n) is 3.84. The Hall–Kier alpha value is -1.86. The summed E-state index contributed by atoms with van der Waals surface area (Å²) in [6.45, 7) is 1.00. The highest BCUT2D eigenvalue weighted by atomic mass is 32.2. The molecule has 0 aliphatic carbocycles. The second-order valence-corrected chi connectivity index (χ2v) is 8.45. The molecular formula is C16H18N2O3S2.